The van der Waals surface area contributed by atoms with Gasteiger partial charge in [0.05, 0.1) is 5.92 Å². The van der Waals surface area contributed by atoms with Crippen LogP contribution < -0.4 is 10.2 Å². The number of nitrogens with zero attached hydrogens (tertiary/aromatic N) is 1. The van der Waals surface area contributed by atoms with Crippen LogP contribution in [0.15, 0.2) is 18.2 Å². The molecule has 1 unspecified atom stereocenters. The molecule has 1 heterocycles. The second-order valence-electron chi connectivity index (χ2n) is 5.49. The summed E-state index contributed by atoms with van der Waals surface area (Å²) in [7, 11) is 0. The van der Waals surface area contributed by atoms with E-state index in [1.54, 1.807) is 4.90 Å². The fourth-order valence-electron chi connectivity index (χ4n) is 2.52. The molecule has 108 valence electrons. The summed E-state index contributed by atoms with van der Waals surface area (Å²) in [4.78, 5) is 25.9. The third kappa shape index (κ3) is 3.00. The summed E-state index contributed by atoms with van der Waals surface area (Å²) in [6, 6.07) is 6.06. The van der Waals surface area contributed by atoms with Crippen LogP contribution in [0.4, 0.5) is 5.69 Å². The van der Waals surface area contributed by atoms with Crippen molar-refractivity contribution >= 4 is 17.5 Å². The van der Waals surface area contributed by atoms with E-state index in [0.717, 1.165) is 23.2 Å². The van der Waals surface area contributed by atoms with E-state index < -0.39 is 0 Å². The Bertz CT molecular complexity index is 525. The molecule has 1 fully saturated rings. The number of carbonyl (C=O) groups excluding carboxylic acids is 2. The van der Waals surface area contributed by atoms with Crippen LogP contribution in [0, 0.1) is 19.8 Å². The molecule has 20 heavy (non-hydrogen) atoms. The second-order valence-corrected chi connectivity index (χ2v) is 5.49. The van der Waals surface area contributed by atoms with E-state index in [2.05, 4.69) is 5.32 Å². The summed E-state index contributed by atoms with van der Waals surface area (Å²) in [6.07, 6.45) is 1.22. The van der Waals surface area contributed by atoms with Gasteiger partial charge in [0.15, 0.2) is 0 Å². The highest BCUT2D eigenvalue weighted by molar-refractivity contribution is 6.00. The summed E-state index contributed by atoms with van der Waals surface area (Å²) in [6.45, 7) is 7.18. The highest BCUT2D eigenvalue weighted by Crippen LogP contribution is 2.28. The molecular weight excluding hydrogens is 252 g/mol. The minimum Gasteiger partial charge on any atom is -0.356 e. The van der Waals surface area contributed by atoms with E-state index in [1.807, 2.05) is 39.0 Å². The molecule has 1 saturated heterocycles. The molecule has 0 aliphatic carbocycles. The Hall–Kier alpha value is -1.84. The third-order valence-corrected chi connectivity index (χ3v) is 3.70. The first-order valence-electron chi connectivity index (χ1n) is 7.18. The number of hydrogen-bond donors (Lipinski definition) is 1. The summed E-state index contributed by atoms with van der Waals surface area (Å²) in [5.74, 6) is -0.197. The van der Waals surface area contributed by atoms with Gasteiger partial charge in [0.2, 0.25) is 11.8 Å². The predicted octanol–water partition coefficient (Wildman–Crippen LogP) is 2.18. The topological polar surface area (TPSA) is 49.4 Å². The Morgan fingerprint density at radius 3 is 2.85 bits per heavy atom. The van der Waals surface area contributed by atoms with Crippen molar-refractivity contribution in [2.45, 2.75) is 33.6 Å². The monoisotopic (exact) mass is 274 g/mol. The van der Waals surface area contributed by atoms with E-state index in [9.17, 15) is 9.59 Å². The summed E-state index contributed by atoms with van der Waals surface area (Å²) < 4.78 is 0. The molecule has 0 radical (unpaired) electrons. The van der Waals surface area contributed by atoms with Crippen molar-refractivity contribution in [2.24, 2.45) is 5.92 Å². The van der Waals surface area contributed by atoms with E-state index in [-0.39, 0.29) is 17.7 Å². The maximum atomic E-state index is 12.2. The second kappa shape index (κ2) is 6.07. The normalized spacial score (nSPS) is 18.4. The smallest absolute Gasteiger partial charge is 0.227 e. The van der Waals surface area contributed by atoms with Gasteiger partial charge in [-0.05, 0) is 37.5 Å². The van der Waals surface area contributed by atoms with Crippen molar-refractivity contribution in [1.29, 1.82) is 0 Å². The zero-order chi connectivity index (χ0) is 14.7. The molecule has 0 saturated carbocycles. The van der Waals surface area contributed by atoms with Crippen molar-refractivity contribution in [2.75, 3.05) is 18.0 Å². The van der Waals surface area contributed by atoms with Crippen molar-refractivity contribution in [3.05, 3.63) is 29.3 Å². The molecule has 1 aromatic carbocycles. The molecule has 4 heteroatoms. The molecule has 0 bridgehead atoms. The molecule has 1 aromatic rings. The first-order valence-corrected chi connectivity index (χ1v) is 7.18. The number of benzene rings is 1. The van der Waals surface area contributed by atoms with E-state index in [4.69, 9.17) is 0 Å². The predicted molar refractivity (Wildman–Crippen MR) is 79.7 cm³/mol. The van der Waals surface area contributed by atoms with Crippen LogP contribution in [0.1, 0.15) is 30.9 Å². The SMILES string of the molecule is CCCNC(=O)C1CC(=O)N(c2cc(C)ccc2C)C1. The maximum Gasteiger partial charge on any atom is 0.227 e. The fourth-order valence-corrected chi connectivity index (χ4v) is 2.52. The average Bonchev–Trinajstić information content (AvgIpc) is 2.81. The van der Waals surface area contributed by atoms with Crippen LogP contribution in [-0.2, 0) is 9.59 Å². The lowest BCUT2D eigenvalue weighted by molar-refractivity contribution is -0.126. The molecule has 0 aromatic heterocycles. The van der Waals surface area contributed by atoms with Crippen LogP contribution in [0.5, 0.6) is 0 Å². The lowest BCUT2D eigenvalue weighted by Gasteiger charge is -2.19. The molecule has 4 nitrogen and oxygen atoms in total. The third-order valence-electron chi connectivity index (χ3n) is 3.70. The van der Waals surface area contributed by atoms with E-state index >= 15 is 0 Å². The summed E-state index contributed by atoms with van der Waals surface area (Å²) in [5, 5.41) is 2.88. The highest BCUT2D eigenvalue weighted by atomic mass is 16.2. The molecule has 1 N–H and O–H groups in total. The van der Waals surface area contributed by atoms with Crippen molar-refractivity contribution < 1.29 is 9.59 Å². The molecule has 2 rings (SSSR count). The molecule has 1 aliphatic rings. The molecule has 2 amide bonds. The largest absolute Gasteiger partial charge is 0.356 e. The summed E-state index contributed by atoms with van der Waals surface area (Å²) >= 11 is 0. The Labute approximate surface area is 120 Å². The van der Waals surface area contributed by atoms with Gasteiger partial charge in [0.25, 0.3) is 0 Å². The zero-order valence-corrected chi connectivity index (χ0v) is 12.4. The number of hydrogen-bond acceptors (Lipinski definition) is 2. The lowest BCUT2D eigenvalue weighted by Crippen LogP contribution is -2.33. The minimum atomic E-state index is -0.228. The Morgan fingerprint density at radius 1 is 1.40 bits per heavy atom. The van der Waals surface area contributed by atoms with Crippen LogP contribution in [0.2, 0.25) is 0 Å². The van der Waals surface area contributed by atoms with Crippen molar-refractivity contribution in [3.8, 4) is 0 Å². The first kappa shape index (κ1) is 14.6. The summed E-state index contributed by atoms with van der Waals surface area (Å²) in [5.41, 5.74) is 3.12. The first-order chi connectivity index (χ1) is 9.52. The van der Waals surface area contributed by atoms with Gasteiger partial charge in [-0.15, -0.1) is 0 Å². The van der Waals surface area contributed by atoms with Crippen LogP contribution in [0.25, 0.3) is 0 Å². The quantitative estimate of drug-likeness (QED) is 0.915. The van der Waals surface area contributed by atoms with Gasteiger partial charge in [-0.3, -0.25) is 9.59 Å². The molecule has 0 spiro atoms. The van der Waals surface area contributed by atoms with Gasteiger partial charge in [0, 0.05) is 25.2 Å². The van der Waals surface area contributed by atoms with Crippen LogP contribution in [0.3, 0.4) is 0 Å². The van der Waals surface area contributed by atoms with Gasteiger partial charge < -0.3 is 10.2 Å². The Morgan fingerprint density at radius 2 is 2.15 bits per heavy atom. The van der Waals surface area contributed by atoms with Crippen molar-refractivity contribution in [3.63, 3.8) is 0 Å². The van der Waals surface area contributed by atoms with Gasteiger partial charge in [0.1, 0.15) is 0 Å². The average molecular weight is 274 g/mol. The van der Waals surface area contributed by atoms with Gasteiger partial charge in [-0.2, -0.15) is 0 Å². The maximum absolute atomic E-state index is 12.2. The Kier molecular flexibility index (Phi) is 4.42. The van der Waals surface area contributed by atoms with Gasteiger partial charge in [-0.25, -0.2) is 0 Å². The van der Waals surface area contributed by atoms with Crippen LogP contribution in [-0.4, -0.2) is 24.9 Å². The fraction of sp³-hybridized carbons (Fsp3) is 0.500. The number of nitrogens with one attached hydrogen (secondary N) is 1. The Balaban J connectivity index is 2.13. The highest BCUT2D eigenvalue weighted by Gasteiger charge is 2.35. The standard InChI is InChI=1S/C16H22N2O2/c1-4-7-17-16(20)13-9-15(19)18(10-13)14-8-11(2)5-6-12(14)3/h5-6,8,13H,4,7,9-10H2,1-3H3,(H,17,20). The van der Waals surface area contributed by atoms with Gasteiger partial charge >= 0.3 is 0 Å². The van der Waals surface area contributed by atoms with Gasteiger partial charge in [-0.1, -0.05) is 19.1 Å². The zero-order valence-electron chi connectivity index (χ0n) is 12.4. The van der Waals surface area contributed by atoms with Crippen LogP contribution >= 0.6 is 0 Å². The van der Waals surface area contributed by atoms with E-state index in [1.165, 1.54) is 0 Å². The number of rotatable bonds is 4. The number of carbonyl (C=O) groups is 2. The lowest BCUT2D eigenvalue weighted by atomic mass is 10.1. The minimum absolute atomic E-state index is 0.00648. The number of aryl methyl sites for hydroxylation is 2. The number of amides is 2. The van der Waals surface area contributed by atoms with E-state index in [0.29, 0.717) is 19.5 Å². The van der Waals surface area contributed by atoms with Crippen molar-refractivity contribution in [1.82, 2.24) is 5.32 Å². The molecule has 1 aliphatic heterocycles. The molecular formula is C16H22N2O2. The number of anilines is 1. The molecule has 1 atom stereocenters.